The number of hydrogen-bond acceptors (Lipinski definition) is 3. The number of methoxy groups -OCH3 is 1. The number of ketones is 1. The number of para-hydroxylation sites is 1. The normalized spacial score (nSPS) is 11.8. The largest absolute Gasteiger partial charge is 0.497 e. The lowest BCUT2D eigenvalue weighted by atomic mass is 10.1. The molecule has 1 atom stereocenters. The molecule has 2 aromatic carbocycles. The average molecular weight is 284 g/mol. The van der Waals surface area contributed by atoms with Crippen LogP contribution in [0.25, 0.3) is 0 Å². The zero-order chi connectivity index (χ0) is 15.4. The molecule has 0 bridgehead atoms. The summed E-state index contributed by atoms with van der Waals surface area (Å²) in [7, 11) is 1.60. The molecule has 0 aliphatic heterocycles. The minimum atomic E-state index is -0.529. The molecule has 0 radical (unpaired) electrons. The summed E-state index contributed by atoms with van der Waals surface area (Å²) in [4.78, 5) is 12.4. The Hall–Kier alpha value is -2.29. The molecular formula is C18H20O3. The van der Waals surface area contributed by atoms with E-state index in [0.717, 1.165) is 22.6 Å². The lowest BCUT2D eigenvalue weighted by molar-refractivity contribution is 0.0816. The van der Waals surface area contributed by atoms with Gasteiger partial charge in [0.05, 0.1) is 7.11 Å². The van der Waals surface area contributed by atoms with Gasteiger partial charge < -0.3 is 9.47 Å². The zero-order valence-corrected chi connectivity index (χ0v) is 12.8. The van der Waals surface area contributed by atoms with Crippen molar-refractivity contribution in [3.63, 3.8) is 0 Å². The summed E-state index contributed by atoms with van der Waals surface area (Å²) >= 11 is 0. The minimum Gasteiger partial charge on any atom is -0.497 e. The fraction of sp³-hybridized carbons (Fsp3) is 0.278. The van der Waals surface area contributed by atoms with Crippen LogP contribution in [-0.4, -0.2) is 19.0 Å². The number of rotatable bonds is 5. The Balaban J connectivity index is 2.15. The summed E-state index contributed by atoms with van der Waals surface area (Å²) in [6.45, 7) is 5.73. The Kier molecular flexibility index (Phi) is 4.63. The molecular weight excluding hydrogens is 264 g/mol. The lowest BCUT2D eigenvalue weighted by Gasteiger charge is -2.17. The summed E-state index contributed by atoms with van der Waals surface area (Å²) in [5.41, 5.74) is 2.68. The van der Waals surface area contributed by atoms with E-state index in [9.17, 15) is 4.79 Å². The van der Waals surface area contributed by atoms with Crippen molar-refractivity contribution in [1.29, 1.82) is 0 Å². The van der Waals surface area contributed by atoms with Crippen LogP contribution in [0, 0.1) is 13.8 Å². The summed E-state index contributed by atoms with van der Waals surface area (Å²) in [5.74, 6) is 1.47. The Bertz CT molecular complexity index is 609. The molecule has 2 aromatic rings. The summed E-state index contributed by atoms with van der Waals surface area (Å²) < 4.78 is 11.0. The Morgan fingerprint density at radius 3 is 2.10 bits per heavy atom. The Labute approximate surface area is 125 Å². The van der Waals surface area contributed by atoms with Crippen molar-refractivity contribution in [2.45, 2.75) is 26.9 Å². The third-order valence-electron chi connectivity index (χ3n) is 3.45. The third kappa shape index (κ3) is 3.43. The summed E-state index contributed by atoms with van der Waals surface area (Å²) in [5, 5.41) is 0. The second-order valence-corrected chi connectivity index (χ2v) is 5.07. The number of benzene rings is 2. The van der Waals surface area contributed by atoms with Crippen molar-refractivity contribution in [2.75, 3.05) is 7.11 Å². The van der Waals surface area contributed by atoms with Crippen molar-refractivity contribution >= 4 is 5.78 Å². The topological polar surface area (TPSA) is 35.5 Å². The van der Waals surface area contributed by atoms with Crippen LogP contribution in [0.2, 0.25) is 0 Å². The molecule has 3 nitrogen and oxygen atoms in total. The smallest absolute Gasteiger partial charge is 0.202 e. The second kappa shape index (κ2) is 6.44. The van der Waals surface area contributed by atoms with Crippen molar-refractivity contribution < 1.29 is 14.3 Å². The zero-order valence-electron chi connectivity index (χ0n) is 12.8. The van der Waals surface area contributed by atoms with E-state index >= 15 is 0 Å². The molecule has 0 fully saturated rings. The van der Waals surface area contributed by atoms with E-state index in [4.69, 9.17) is 9.47 Å². The maximum atomic E-state index is 12.4. The highest BCUT2D eigenvalue weighted by Gasteiger charge is 2.18. The van der Waals surface area contributed by atoms with E-state index in [1.54, 1.807) is 38.3 Å². The predicted molar refractivity (Wildman–Crippen MR) is 83.3 cm³/mol. The van der Waals surface area contributed by atoms with E-state index in [0.29, 0.717) is 5.56 Å². The van der Waals surface area contributed by atoms with Crippen LogP contribution in [0.4, 0.5) is 0 Å². The van der Waals surface area contributed by atoms with Gasteiger partial charge in [0.1, 0.15) is 11.5 Å². The molecule has 0 N–H and O–H groups in total. The van der Waals surface area contributed by atoms with Gasteiger partial charge in [0, 0.05) is 5.56 Å². The molecule has 2 rings (SSSR count). The second-order valence-electron chi connectivity index (χ2n) is 5.07. The van der Waals surface area contributed by atoms with Crippen molar-refractivity contribution in [2.24, 2.45) is 0 Å². The SMILES string of the molecule is COc1ccc(C(=O)C(C)Oc2c(C)cccc2C)cc1. The molecule has 0 aromatic heterocycles. The highest BCUT2D eigenvalue weighted by Crippen LogP contribution is 2.24. The van der Waals surface area contributed by atoms with Gasteiger partial charge in [0.25, 0.3) is 0 Å². The Morgan fingerprint density at radius 2 is 1.57 bits per heavy atom. The van der Waals surface area contributed by atoms with Gasteiger partial charge in [-0.3, -0.25) is 4.79 Å². The van der Waals surface area contributed by atoms with Gasteiger partial charge in [-0.25, -0.2) is 0 Å². The number of carbonyl (C=O) groups excluding carboxylic acids is 1. The molecule has 0 saturated heterocycles. The number of Topliss-reactive ketones (excluding diaryl/α,β-unsaturated/α-hetero) is 1. The van der Waals surface area contributed by atoms with Crippen LogP contribution >= 0.6 is 0 Å². The van der Waals surface area contributed by atoms with Gasteiger partial charge in [0.2, 0.25) is 5.78 Å². The molecule has 0 saturated carbocycles. The average Bonchev–Trinajstić information content (AvgIpc) is 2.50. The van der Waals surface area contributed by atoms with E-state index in [-0.39, 0.29) is 5.78 Å². The quantitative estimate of drug-likeness (QED) is 0.780. The van der Waals surface area contributed by atoms with Gasteiger partial charge in [-0.05, 0) is 56.2 Å². The maximum absolute atomic E-state index is 12.4. The van der Waals surface area contributed by atoms with Crippen LogP contribution in [0.3, 0.4) is 0 Å². The molecule has 1 unspecified atom stereocenters. The molecule has 3 heteroatoms. The molecule has 0 spiro atoms. The van der Waals surface area contributed by atoms with Gasteiger partial charge in [-0.2, -0.15) is 0 Å². The van der Waals surface area contributed by atoms with Gasteiger partial charge in [-0.1, -0.05) is 18.2 Å². The van der Waals surface area contributed by atoms with Crippen LogP contribution in [0.1, 0.15) is 28.4 Å². The summed E-state index contributed by atoms with van der Waals surface area (Å²) in [6, 6.07) is 13.0. The number of carbonyl (C=O) groups is 1. The van der Waals surface area contributed by atoms with Crippen LogP contribution in [0.15, 0.2) is 42.5 Å². The van der Waals surface area contributed by atoms with Gasteiger partial charge in [-0.15, -0.1) is 0 Å². The van der Waals surface area contributed by atoms with Crippen LogP contribution < -0.4 is 9.47 Å². The first-order valence-electron chi connectivity index (χ1n) is 6.94. The standard InChI is InChI=1S/C18H20O3/c1-12-6-5-7-13(2)18(12)21-14(3)17(19)15-8-10-16(20-4)11-9-15/h5-11,14H,1-4H3. The molecule has 110 valence electrons. The summed E-state index contributed by atoms with van der Waals surface area (Å²) in [6.07, 6.45) is -0.529. The first-order chi connectivity index (χ1) is 10.0. The van der Waals surface area contributed by atoms with Crippen LogP contribution in [-0.2, 0) is 0 Å². The van der Waals surface area contributed by atoms with Crippen molar-refractivity contribution in [3.8, 4) is 11.5 Å². The number of aryl methyl sites for hydroxylation is 2. The van der Waals surface area contributed by atoms with Gasteiger partial charge >= 0.3 is 0 Å². The fourth-order valence-electron chi connectivity index (χ4n) is 2.21. The van der Waals surface area contributed by atoms with Crippen LogP contribution in [0.5, 0.6) is 11.5 Å². The molecule has 0 aliphatic rings. The first kappa shape index (κ1) is 15.1. The highest BCUT2D eigenvalue weighted by molar-refractivity contribution is 5.99. The van der Waals surface area contributed by atoms with Gasteiger partial charge in [0.15, 0.2) is 6.10 Å². The Morgan fingerprint density at radius 1 is 1.00 bits per heavy atom. The van der Waals surface area contributed by atoms with Crippen molar-refractivity contribution in [1.82, 2.24) is 0 Å². The number of hydrogen-bond donors (Lipinski definition) is 0. The third-order valence-corrected chi connectivity index (χ3v) is 3.45. The monoisotopic (exact) mass is 284 g/mol. The van der Waals surface area contributed by atoms with Crippen molar-refractivity contribution in [3.05, 3.63) is 59.2 Å². The maximum Gasteiger partial charge on any atom is 0.202 e. The molecule has 21 heavy (non-hydrogen) atoms. The van der Waals surface area contributed by atoms with E-state index in [1.165, 1.54) is 0 Å². The predicted octanol–water partition coefficient (Wildman–Crippen LogP) is 3.96. The van der Waals surface area contributed by atoms with E-state index < -0.39 is 6.10 Å². The fourth-order valence-corrected chi connectivity index (χ4v) is 2.21. The highest BCUT2D eigenvalue weighted by atomic mass is 16.5. The molecule has 0 aliphatic carbocycles. The van der Waals surface area contributed by atoms with E-state index in [1.807, 2.05) is 32.0 Å². The minimum absolute atomic E-state index is 0.0414. The lowest BCUT2D eigenvalue weighted by Crippen LogP contribution is -2.24. The molecule has 0 heterocycles. The molecule has 0 amide bonds. The number of ether oxygens (including phenoxy) is 2. The first-order valence-corrected chi connectivity index (χ1v) is 6.94. The van der Waals surface area contributed by atoms with E-state index in [2.05, 4.69) is 0 Å².